The number of nitrogens with zero attached hydrogens (tertiary/aromatic N) is 1. The number of aromatic amines is 1. The third-order valence-corrected chi connectivity index (χ3v) is 4.87. The molecule has 5 nitrogen and oxygen atoms in total. The van der Waals surface area contributed by atoms with Gasteiger partial charge in [0.1, 0.15) is 0 Å². The summed E-state index contributed by atoms with van der Waals surface area (Å²) in [5.41, 5.74) is 3.99. The van der Waals surface area contributed by atoms with Crippen molar-refractivity contribution in [3.63, 3.8) is 0 Å². The largest absolute Gasteiger partial charge is 0.478 e. The van der Waals surface area contributed by atoms with Crippen molar-refractivity contribution in [2.45, 2.75) is 19.4 Å². The summed E-state index contributed by atoms with van der Waals surface area (Å²) < 4.78 is 0. The number of hydrogen-bond acceptors (Lipinski definition) is 2. The number of hydrogen-bond donors (Lipinski definition) is 2. The monoisotopic (exact) mass is 346 g/mol. The highest BCUT2D eigenvalue weighted by Gasteiger charge is 2.35. The third-order valence-electron chi connectivity index (χ3n) is 4.87. The average molecular weight is 346 g/mol. The Morgan fingerprint density at radius 2 is 1.88 bits per heavy atom. The Morgan fingerprint density at radius 1 is 1.15 bits per heavy atom. The number of nitrogens with one attached hydrogen (secondary N) is 1. The predicted octanol–water partition coefficient (Wildman–Crippen LogP) is 3.83. The van der Waals surface area contributed by atoms with Crippen LogP contribution in [0.1, 0.15) is 24.1 Å². The molecular formula is C21H18N2O3. The fourth-order valence-electron chi connectivity index (χ4n) is 3.59. The van der Waals surface area contributed by atoms with Crippen LogP contribution in [0.4, 0.5) is 5.69 Å². The number of aromatic nitrogens is 1. The first-order chi connectivity index (χ1) is 12.6. The van der Waals surface area contributed by atoms with Gasteiger partial charge < -0.3 is 15.0 Å². The number of amides is 1. The van der Waals surface area contributed by atoms with E-state index in [1.54, 1.807) is 4.90 Å². The van der Waals surface area contributed by atoms with Crippen LogP contribution in [0.25, 0.3) is 10.9 Å². The molecule has 4 rings (SSSR count). The van der Waals surface area contributed by atoms with Crippen molar-refractivity contribution in [1.29, 1.82) is 0 Å². The van der Waals surface area contributed by atoms with Crippen molar-refractivity contribution in [2.24, 2.45) is 0 Å². The van der Waals surface area contributed by atoms with Crippen LogP contribution in [0.3, 0.4) is 0 Å². The van der Waals surface area contributed by atoms with E-state index in [2.05, 4.69) is 4.98 Å². The molecule has 1 aliphatic rings. The second-order valence-corrected chi connectivity index (χ2v) is 6.48. The van der Waals surface area contributed by atoms with E-state index in [1.807, 2.05) is 54.7 Å². The summed E-state index contributed by atoms with van der Waals surface area (Å²) in [6, 6.07) is 15.6. The van der Waals surface area contributed by atoms with Crippen LogP contribution in [0.15, 0.2) is 66.4 Å². The van der Waals surface area contributed by atoms with Crippen LogP contribution in [-0.4, -0.2) is 22.0 Å². The van der Waals surface area contributed by atoms with Gasteiger partial charge in [-0.3, -0.25) is 4.79 Å². The van der Waals surface area contributed by atoms with E-state index in [0.29, 0.717) is 6.42 Å². The number of carboxylic acids is 1. The zero-order valence-electron chi connectivity index (χ0n) is 14.3. The number of carbonyl (C=O) groups excluding carboxylic acids is 1. The molecule has 26 heavy (non-hydrogen) atoms. The van der Waals surface area contributed by atoms with Crippen molar-refractivity contribution in [2.75, 3.05) is 4.90 Å². The third kappa shape index (κ3) is 2.58. The van der Waals surface area contributed by atoms with Gasteiger partial charge in [0, 0.05) is 40.0 Å². The molecule has 0 radical (unpaired) electrons. The highest BCUT2D eigenvalue weighted by Crippen LogP contribution is 2.42. The van der Waals surface area contributed by atoms with Gasteiger partial charge in [-0.25, -0.2) is 4.79 Å². The molecule has 1 amide bonds. The summed E-state index contributed by atoms with van der Waals surface area (Å²) in [6.07, 6.45) is 3.84. The van der Waals surface area contributed by atoms with Crippen LogP contribution in [-0.2, 0) is 16.0 Å². The fraction of sp³-hybridized carbons (Fsp3) is 0.143. The summed E-state index contributed by atoms with van der Waals surface area (Å²) in [4.78, 5) is 29.0. The van der Waals surface area contributed by atoms with Gasteiger partial charge >= 0.3 is 5.97 Å². The zero-order chi connectivity index (χ0) is 18.3. The molecule has 3 aromatic rings. The van der Waals surface area contributed by atoms with E-state index >= 15 is 0 Å². The number of carbonyl (C=O) groups is 2. The molecular weight excluding hydrogens is 328 g/mol. The van der Waals surface area contributed by atoms with Gasteiger partial charge in [0.15, 0.2) is 0 Å². The Labute approximate surface area is 150 Å². The zero-order valence-corrected chi connectivity index (χ0v) is 14.3. The molecule has 0 aliphatic carbocycles. The lowest BCUT2D eigenvalue weighted by molar-refractivity contribution is -0.132. The van der Waals surface area contributed by atoms with Gasteiger partial charge in [-0.05, 0) is 31.0 Å². The summed E-state index contributed by atoms with van der Waals surface area (Å²) in [6.45, 7) is 1.43. The standard InChI is InChI=1S/C21H18N2O3/c1-13(21(25)26)10-20(24)23-18-9-5-2-6-14(18)11-19(23)16-12-22-17-8-4-3-7-15(16)17/h2-10,12,19,22H,11H2,1H3,(H,25,26)/b13-10+. The molecule has 2 N–H and O–H groups in total. The minimum atomic E-state index is -1.09. The number of H-pyrrole nitrogens is 1. The molecule has 130 valence electrons. The lowest BCUT2D eigenvalue weighted by Crippen LogP contribution is -2.31. The van der Waals surface area contributed by atoms with Gasteiger partial charge in [0.2, 0.25) is 0 Å². The average Bonchev–Trinajstić information content (AvgIpc) is 3.22. The van der Waals surface area contributed by atoms with E-state index in [9.17, 15) is 9.59 Å². The summed E-state index contributed by atoms with van der Waals surface area (Å²) >= 11 is 0. The number of fused-ring (bicyclic) bond motifs is 2. The Bertz CT molecular complexity index is 1050. The quantitative estimate of drug-likeness (QED) is 0.708. The Morgan fingerprint density at radius 3 is 2.69 bits per heavy atom. The number of benzene rings is 2. The normalized spacial score (nSPS) is 16.7. The molecule has 0 saturated carbocycles. The van der Waals surface area contributed by atoms with Crippen molar-refractivity contribution >= 4 is 28.5 Å². The number of aliphatic carboxylic acids is 1. The molecule has 0 saturated heterocycles. The summed E-state index contributed by atoms with van der Waals surface area (Å²) in [5.74, 6) is -1.40. The van der Waals surface area contributed by atoms with E-state index in [-0.39, 0.29) is 17.5 Å². The lowest BCUT2D eigenvalue weighted by Gasteiger charge is -2.24. The van der Waals surface area contributed by atoms with Crippen LogP contribution in [0.5, 0.6) is 0 Å². The van der Waals surface area contributed by atoms with Crippen LogP contribution in [0.2, 0.25) is 0 Å². The lowest BCUT2D eigenvalue weighted by atomic mass is 10.0. The molecule has 0 spiro atoms. The van der Waals surface area contributed by atoms with Crippen LogP contribution >= 0.6 is 0 Å². The van der Waals surface area contributed by atoms with Crippen LogP contribution in [0, 0.1) is 0 Å². The van der Waals surface area contributed by atoms with Crippen molar-refractivity contribution in [1.82, 2.24) is 4.98 Å². The van der Waals surface area contributed by atoms with Gasteiger partial charge in [0.25, 0.3) is 5.91 Å². The first-order valence-corrected chi connectivity index (χ1v) is 8.45. The topological polar surface area (TPSA) is 73.4 Å². The van der Waals surface area contributed by atoms with E-state index in [0.717, 1.165) is 27.7 Å². The summed E-state index contributed by atoms with van der Waals surface area (Å²) in [7, 11) is 0. The van der Waals surface area contributed by atoms with Crippen molar-refractivity contribution < 1.29 is 14.7 Å². The SMILES string of the molecule is C/C(=C\C(=O)N1c2ccccc2CC1c1c[nH]c2ccccc12)C(=O)O. The number of anilines is 1. The second-order valence-electron chi connectivity index (χ2n) is 6.48. The Kier molecular flexibility index (Phi) is 3.84. The van der Waals surface area contributed by atoms with E-state index in [1.165, 1.54) is 13.0 Å². The molecule has 5 heteroatoms. The van der Waals surface area contributed by atoms with Gasteiger partial charge in [-0.15, -0.1) is 0 Å². The smallest absolute Gasteiger partial charge is 0.331 e. The molecule has 0 bridgehead atoms. The molecule has 1 aromatic heterocycles. The molecule has 1 aliphatic heterocycles. The predicted molar refractivity (Wildman–Crippen MR) is 100 cm³/mol. The molecule has 1 unspecified atom stereocenters. The molecule has 1 atom stereocenters. The number of carboxylic acid groups (broad SMARTS) is 1. The molecule has 2 heterocycles. The van der Waals surface area contributed by atoms with Crippen molar-refractivity contribution in [3.05, 3.63) is 77.5 Å². The minimum absolute atomic E-state index is 0.0251. The van der Waals surface area contributed by atoms with Crippen LogP contribution < -0.4 is 4.90 Å². The highest BCUT2D eigenvalue weighted by atomic mass is 16.4. The fourth-order valence-corrected chi connectivity index (χ4v) is 3.59. The Hall–Kier alpha value is -3.34. The molecule has 0 fully saturated rings. The second kappa shape index (κ2) is 6.19. The Balaban J connectivity index is 1.82. The summed E-state index contributed by atoms with van der Waals surface area (Å²) in [5, 5.41) is 10.2. The van der Waals surface area contributed by atoms with E-state index < -0.39 is 5.97 Å². The van der Waals surface area contributed by atoms with Gasteiger partial charge in [0.05, 0.1) is 6.04 Å². The number of rotatable bonds is 3. The number of para-hydroxylation sites is 2. The van der Waals surface area contributed by atoms with Gasteiger partial charge in [-0.1, -0.05) is 36.4 Å². The first-order valence-electron chi connectivity index (χ1n) is 8.45. The highest BCUT2D eigenvalue weighted by molar-refractivity contribution is 6.07. The van der Waals surface area contributed by atoms with Gasteiger partial charge in [-0.2, -0.15) is 0 Å². The maximum atomic E-state index is 12.9. The maximum Gasteiger partial charge on any atom is 0.331 e. The van der Waals surface area contributed by atoms with E-state index in [4.69, 9.17) is 5.11 Å². The molecule has 2 aromatic carbocycles. The maximum absolute atomic E-state index is 12.9. The van der Waals surface area contributed by atoms with Crippen molar-refractivity contribution in [3.8, 4) is 0 Å². The first kappa shape index (κ1) is 16.1. The minimum Gasteiger partial charge on any atom is -0.478 e.